The Morgan fingerprint density at radius 2 is 1.53 bits per heavy atom. The van der Waals surface area contributed by atoms with E-state index in [0.717, 1.165) is 0 Å². The number of rotatable bonds is 4. The SMILES string of the molecule is CCC(C(=O)O)(C(=O)O)c1ccccc1.[KH].[NaH]. The van der Waals surface area contributed by atoms with Gasteiger partial charge in [0, 0.05) is 0 Å². The van der Waals surface area contributed by atoms with Crippen LogP contribution < -0.4 is 0 Å². The fourth-order valence-electron chi connectivity index (χ4n) is 1.57. The van der Waals surface area contributed by atoms with Crippen molar-refractivity contribution in [2.75, 3.05) is 0 Å². The van der Waals surface area contributed by atoms with E-state index in [2.05, 4.69) is 0 Å². The maximum atomic E-state index is 11.1. The fraction of sp³-hybridized carbons (Fsp3) is 0.273. The van der Waals surface area contributed by atoms with Crippen LogP contribution in [0.4, 0.5) is 0 Å². The Balaban J connectivity index is 0. The molecule has 0 aliphatic rings. The van der Waals surface area contributed by atoms with Crippen molar-refractivity contribution in [3.63, 3.8) is 0 Å². The standard InChI is InChI=1S/C11H12O4.K.Na.2H/c1-2-11(9(12)13,10(14)15)8-6-4-3-5-7-8;;;;/h3-7H,2H2,1H3,(H,12,13)(H,14,15);;;;. The molecule has 0 bridgehead atoms. The van der Waals surface area contributed by atoms with Gasteiger partial charge in [-0.05, 0) is 12.0 Å². The van der Waals surface area contributed by atoms with E-state index in [0.29, 0.717) is 5.56 Å². The van der Waals surface area contributed by atoms with E-state index in [4.69, 9.17) is 10.2 Å². The first kappa shape index (κ1) is 20.1. The minimum atomic E-state index is -1.83. The van der Waals surface area contributed by atoms with Crippen LogP contribution in [0.3, 0.4) is 0 Å². The molecule has 0 saturated carbocycles. The van der Waals surface area contributed by atoms with Gasteiger partial charge in [-0.15, -0.1) is 0 Å². The maximum absolute atomic E-state index is 11.1. The molecule has 2 N–H and O–H groups in total. The van der Waals surface area contributed by atoms with Crippen LogP contribution in [0.1, 0.15) is 18.9 Å². The number of hydrogen-bond donors (Lipinski definition) is 2. The summed E-state index contributed by atoms with van der Waals surface area (Å²) in [4.78, 5) is 22.2. The van der Waals surface area contributed by atoms with Crippen LogP contribution in [0, 0.1) is 0 Å². The van der Waals surface area contributed by atoms with Crippen LogP contribution in [-0.2, 0) is 15.0 Å². The molecule has 1 aromatic carbocycles. The van der Waals surface area contributed by atoms with E-state index in [1.54, 1.807) is 25.1 Å². The van der Waals surface area contributed by atoms with Gasteiger partial charge in [-0.1, -0.05) is 37.3 Å². The summed E-state index contributed by atoms with van der Waals surface area (Å²) < 4.78 is 0. The normalized spacial score (nSPS) is 9.71. The number of carbonyl (C=O) groups is 2. The molecule has 0 spiro atoms. The first-order valence-electron chi connectivity index (χ1n) is 4.58. The molecule has 4 nitrogen and oxygen atoms in total. The van der Waals surface area contributed by atoms with E-state index in [-0.39, 0.29) is 87.4 Å². The molecule has 17 heavy (non-hydrogen) atoms. The molecule has 0 heterocycles. The Labute approximate surface area is 165 Å². The van der Waals surface area contributed by atoms with Crippen LogP contribution in [0.5, 0.6) is 0 Å². The molecule has 0 atom stereocenters. The molecule has 0 aliphatic heterocycles. The van der Waals surface area contributed by atoms with Crippen LogP contribution in [0.25, 0.3) is 0 Å². The van der Waals surface area contributed by atoms with E-state index < -0.39 is 17.4 Å². The molecule has 1 aromatic rings. The Morgan fingerprint density at radius 3 is 1.82 bits per heavy atom. The van der Waals surface area contributed by atoms with Crippen molar-refractivity contribution in [3.8, 4) is 0 Å². The molecule has 0 saturated heterocycles. The van der Waals surface area contributed by atoms with Gasteiger partial charge in [0.2, 0.25) is 0 Å². The van der Waals surface area contributed by atoms with Crippen LogP contribution in [0.15, 0.2) is 30.3 Å². The summed E-state index contributed by atoms with van der Waals surface area (Å²) in [6.45, 7) is 1.55. The second-order valence-electron chi connectivity index (χ2n) is 3.24. The predicted molar refractivity (Wildman–Crippen MR) is 68.0 cm³/mol. The molecule has 0 unspecified atom stereocenters. The fourth-order valence-corrected chi connectivity index (χ4v) is 1.57. The topological polar surface area (TPSA) is 74.6 Å². The quantitative estimate of drug-likeness (QED) is 0.607. The van der Waals surface area contributed by atoms with Crippen LogP contribution >= 0.6 is 0 Å². The van der Waals surface area contributed by atoms with Gasteiger partial charge in [0.05, 0.1) is 0 Å². The first-order valence-corrected chi connectivity index (χ1v) is 4.58. The third-order valence-electron chi connectivity index (χ3n) is 2.53. The molecule has 0 fully saturated rings. The van der Waals surface area contributed by atoms with Crippen molar-refractivity contribution in [1.82, 2.24) is 0 Å². The third-order valence-corrected chi connectivity index (χ3v) is 2.53. The molecular formula is C11H14KNaO4. The predicted octanol–water partition coefficient (Wildman–Crippen LogP) is 0.207. The van der Waals surface area contributed by atoms with E-state index >= 15 is 0 Å². The van der Waals surface area contributed by atoms with Gasteiger partial charge in [0.15, 0.2) is 5.41 Å². The number of aliphatic carboxylic acids is 2. The van der Waals surface area contributed by atoms with Crippen LogP contribution in [0.2, 0.25) is 0 Å². The average molecular weight is 272 g/mol. The molecule has 6 heteroatoms. The summed E-state index contributed by atoms with van der Waals surface area (Å²) in [5.41, 5.74) is -1.53. The van der Waals surface area contributed by atoms with Gasteiger partial charge in [-0.3, -0.25) is 9.59 Å². The summed E-state index contributed by atoms with van der Waals surface area (Å²) in [6, 6.07) is 8.02. The number of carboxylic acid groups (broad SMARTS) is 2. The van der Waals surface area contributed by atoms with Gasteiger partial charge in [0.1, 0.15) is 0 Å². The second kappa shape index (κ2) is 8.82. The monoisotopic (exact) mass is 272 g/mol. The zero-order valence-electron chi connectivity index (χ0n) is 8.30. The second-order valence-corrected chi connectivity index (χ2v) is 3.24. The van der Waals surface area contributed by atoms with Crippen molar-refractivity contribution in [2.45, 2.75) is 18.8 Å². The van der Waals surface area contributed by atoms with Gasteiger partial charge < -0.3 is 10.2 Å². The van der Waals surface area contributed by atoms with Crippen molar-refractivity contribution >= 4 is 92.9 Å². The number of hydrogen-bond acceptors (Lipinski definition) is 2. The Hall–Kier alpha value is 0.796. The zero-order valence-corrected chi connectivity index (χ0v) is 8.30. The summed E-state index contributed by atoms with van der Waals surface area (Å²) in [6.07, 6.45) is 0.0156. The van der Waals surface area contributed by atoms with Gasteiger partial charge in [0.25, 0.3) is 0 Å². The third kappa shape index (κ3) is 4.14. The zero-order chi connectivity index (χ0) is 11.5. The van der Waals surface area contributed by atoms with Crippen molar-refractivity contribution in [2.24, 2.45) is 0 Å². The number of benzene rings is 1. The van der Waals surface area contributed by atoms with Gasteiger partial charge in [-0.25, -0.2) is 0 Å². The van der Waals surface area contributed by atoms with Crippen molar-refractivity contribution in [1.29, 1.82) is 0 Å². The summed E-state index contributed by atoms with van der Waals surface area (Å²) >= 11 is 0. The van der Waals surface area contributed by atoms with Crippen molar-refractivity contribution in [3.05, 3.63) is 35.9 Å². The summed E-state index contributed by atoms with van der Waals surface area (Å²) in [5, 5.41) is 18.1. The van der Waals surface area contributed by atoms with Crippen molar-refractivity contribution < 1.29 is 19.8 Å². The molecule has 0 radical (unpaired) electrons. The Bertz CT molecular complexity index is 366. The average Bonchev–Trinajstić information content (AvgIpc) is 2.20. The summed E-state index contributed by atoms with van der Waals surface area (Å²) in [7, 11) is 0. The summed E-state index contributed by atoms with van der Waals surface area (Å²) in [5.74, 6) is -2.66. The number of carboxylic acids is 2. The van der Waals surface area contributed by atoms with E-state index in [1.807, 2.05) is 0 Å². The van der Waals surface area contributed by atoms with E-state index in [9.17, 15) is 9.59 Å². The van der Waals surface area contributed by atoms with Gasteiger partial charge >= 0.3 is 92.9 Å². The van der Waals surface area contributed by atoms with Gasteiger partial charge in [-0.2, -0.15) is 0 Å². The molecule has 0 aliphatic carbocycles. The van der Waals surface area contributed by atoms with Crippen LogP contribution in [-0.4, -0.2) is 103 Å². The molecule has 0 aromatic heterocycles. The molecule has 0 amide bonds. The first-order chi connectivity index (χ1) is 7.05. The molecule has 84 valence electrons. The Kier molecular flexibility index (Phi) is 10.4. The minimum absolute atomic E-state index is 0. The Morgan fingerprint density at radius 1 is 1.12 bits per heavy atom. The van der Waals surface area contributed by atoms with E-state index in [1.165, 1.54) is 12.1 Å². The molecule has 1 rings (SSSR count). The molecular weight excluding hydrogens is 258 g/mol.